The molecule has 1 saturated heterocycles. The lowest BCUT2D eigenvalue weighted by Gasteiger charge is -2.32. The molecule has 2 aromatic carbocycles. The maximum absolute atomic E-state index is 12.9. The number of nitrogens with one attached hydrogen (secondary N) is 1. The van der Waals surface area contributed by atoms with Gasteiger partial charge in [0.25, 0.3) is 0 Å². The Morgan fingerprint density at radius 1 is 0.967 bits per heavy atom. The second-order valence-electron chi connectivity index (χ2n) is 8.08. The Morgan fingerprint density at radius 2 is 1.67 bits per heavy atom. The van der Waals surface area contributed by atoms with Crippen molar-refractivity contribution in [1.82, 2.24) is 9.62 Å². The van der Waals surface area contributed by atoms with Crippen molar-refractivity contribution in [3.05, 3.63) is 76.7 Å². The molecule has 0 unspecified atom stereocenters. The first-order valence-electron chi connectivity index (χ1n) is 10.6. The van der Waals surface area contributed by atoms with Crippen molar-refractivity contribution in [2.24, 2.45) is 5.92 Å². The normalized spacial score (nSPS) is 20.7. The summed E-state index contributed by atoms with van der Waals surface area (Å²) < 4.78 is 26.7. The number of fused-ring (bicyclic) bond motifs is 1. The smallest absolute Gasteiger partial charge is 0.236 e. The number of nitrogens with zero attached hydrogens (tertiary/aromatic N) is 1. The summed E-state index contributed by atoms with van der Waals surface area (Å²) in [5.41, 5.74) is 3.39. The Morgan fingerprint density at radius 3 is 2.43 bits per heavy atom. The van der Waals surface area contributed by atoms with E-state index in [9.17, 15) is 13.2 Å². The zero-order chi connectivity index (χ0) is 21.0. The van der Waals surface area contributed by atoms with Gasteiger partial charge in [0.2, 0.25) is 15.9 Å². The predicted octanol–water partition coefficient (Wildman–Crippen LogP) is 3.89. The number of benzene rings is 2. The lowest BCUT2D eigenvalue weighted by atomic mass is 9.87. The fourth-order valence-corrected chi connectivity index (χ4v) is 5.60. The first-order chi connectivity index (χ1) is 14.5. The van der Waals surface area contributed by atoms with Crippen LogP contribution in [0.3, 0.4) is 0 Å². The zero-order valence-electron chi connectivity index (χ0n) is 17.0. The average molecular weight is 425 g/mol. The van der Waals surface area contributed by atoms with Gasteiger partial charge >= 0.3 is 0 Å². The van der Waals surface area contributed by atoms with Gasteiger partial charge in [-0.05, 0) is 54.9 Å². The largest absolute Gasteiger partial charge is 0.349 e. The maximum atomic E-state index is 12.9. The van der Waals surface area contributed by atoms with Gasteiger partial charge in [-0.2, -0.15) is 4.31 Å². The number of rotatable bonds is 5. The molecule has 0 bridgehead atoms. The Kier molecular flexibility index (Phi) is 6.35. The SMILES string of the molecule is O=C(N[C@@H]1CCCc2ccccc21)C1CCN(S(=O)(=O)/C=C/c2ccccc2)CC1. The number of sulfonamides is 1. The van der Waals surface area contributed by atoms with Crippen LogP contribution < -0.4 is 5.32 Å². The van der Waals surface area contributed by atoms with Gasteiger partial charge in [-0.3, -0.25) is 4.79 Å². The minimum atomic E-state index is -3.48. The molecule has 5 nitrogen and oxygen atoms in total. The van der Waals surface area contributed by atoms with Gasteiger partial charge in [0.15, 0.2) is 0 Å². The number of hydrogen-bond donors (Lipinski definition) is 1. The minimum absolute atomic E-state index is 0.0496. The van der Waals surface area contributed by atoms with Crippen LogP contribution in [0.25, 0.3) is 6.08 Å². The predicted molar refractivity (Wildman–Crippen MR) is 119 cm³/mol. The lowest BCUT2D eigenvalue weighted by molar-refractivity contribution is -0.127. The van der Waals surface area contributed by atoms with Crippen molar-refractivity contribution in [3.8, 4) is 0 Å². The van der Waals surface area contributed by atoms with Crippen molar-refractivity contribution >= 4 is 22.0 Å². The summed E-state index contributed by atoms with van der Waals surface area (Å²) in [5.74, 6) is -0.0859. The number of carbonyl (C=O) groups is 1. The molecule has 30 heavy (non-hydrogen) atoms. The van der Waals surface area contributed by atoms with Crippen LogP contribution in [0.5, 0.6) is 0 Å². The molecule has 0 aromatic heterocycles. The molecule has 1 aliphatic heterocycles. The van der Waals surface area contributed by atoms with E-state index in [1.54, 1.807) is 6.08 Å². The summed E-state index contributed by atoms with van der Waals surface area (Å²) >= 11 is 0. The Labute approximate surface area is 178 Å². The highest BCUT2D eigenvalue weighted by atomic mass is 32.2. The summed E-state index contributed by atoms with van der Waals surface area (Å²) in [5, 5.41) is 4.49. The molecule has 1 N–H and O–H groups in total. The van der Waals surface area contributed by atoms with Crippen molar-refractivity contribution < 1.29 is 13.2 Å². The fraction of sp³-hybridized carbons (Fsp3) is 0.375. The summed E-state index contributed by atoms with van der Waals surface area (Å²) in [6.07, 6.45) is 5.83. The quantitative estimate of drug-likeness (QED) is 0.792. The molecule has 2 aliphatic rings. The van der Waals surface area contributed by atoms with Crippen LogP contribution in [-0.4, -0.2) is 31.7 Å². The van der Waals surface area contributed by atoms with E-state index in [1.165, 1.54) is 20.8 Å². The first-order valence-corrected chi connectivity index (χ1v) is 12.1. The molecule has 0 spiro atoms. The van der Waals surface area contributed by atoms with Crippen LogP contribution in [0, 0.1) is 5.92 Å². The summed E-state index contributed by atoms with van der Waals surface area (Å²) in [6.45, 7) is 0.752. The summed E-state index contributed by atoms with van der Waals surface area (Å²) in [6, 6.07) is 17.8. The van der Waals surface area contributed by atoms with Gasteiger partial charge < -0.3 is 5.32 Å². The van der Waals surface area contributed by atoms with Crippen molar-refractivity contribution in [2.45, 2.75) is 38.1 Å². The molecule has 158 valence electrons. The van der Waals surface area contributed by atoms with Gasteiger partial charge in [0.05, 0.1) is 6.04 Å². The molecule has 0 radical (unpaired) electrons. The standard InChI is InChI=1S/C24H28N2O3S/c27-24(25-23-12-6-10-20-9-4-5-11-22(20)23)21-13-16-26(17-14-21)30(28,29)18-15-19-7-2-1-3-8-19/h1-5,7-9,11,15,18,21,23H,6,10,12-14,16-17H2,(H,25,27)/b18-15+/t23-/m1/s1. The molecule has 1 amide bonds. The van der Waals surface area contributed by atoms with Crippen molar-refractivity contribution in [3.63, 3.8) is 0 Å². The van der Waals surface area contributed by atoms with Gasteiger partial charge in [0, 0.05) is 24.4 Å². The van der Waals surface area contributed by atoms with E-state index in [0.717, 1.165) is 24.8 Å². The molecule has 1 aliphatic carbocycles. The third kappa shape index (κ3) is 4.82. The maximum Gasteiger partial charge on any atom is 0.236 e. The summed E-state index contributed by atoms with van der Waals surface area (Å²) in [4.78, 5) is 12.9. The van der Waals surface area contributed by atoms with Crippen LogP contribution in [0.1, 0.15) is 48.4 Å². The number of hydrogen-bond acceptors (Lipinski definition) is 3. The Bertz CT molecular complexity index is 1010. The van der Waals surface area contributed by atoms with E-state index in [0.29, 0.717) is 25.9 Å². The van der Waals surface area contributed by atoms with E-state index >= 15 is 0 Å². The van der Waals surface area contributed by atoms with Gasteiger partial charge in [-0.1, -0.05) is 54.6 Å². The van der Waals surface area contributed by atoms with Crippen molar-refractivity contribution in [2.75, 3.05) is 13.1 Å². The van der Waals surface area contributed by atoms with E-state index in [1.807, 2.05) is 42.5 Å². The molecule has 1 fully saturated rings. The molecule has 6 heteroatoms. The van der Waals surface area contributed by atoms with E-state index < -0.39 is 10.0 Å². The van der Waals surface area contributed by atoms with Crippen LogP contribution in [-0.2, 0) is 21.2 Å². The van der Waals surface area contributed by atoms with Gasteiger partial charge in [-0.25, -0.2) is 8.42 Å². The Hall–Kier alpha value is -2.44. The Balaban J connectivity index is 1.33. The van der Waals surface area contributed by atoms with E-state index in [-0.39, 0.29) is 17.9 Å². The highest BCUT2D eigenvalue weighted by molar-refractivity contribution is 7.92. The highest BCUT2D eigenvalue weighted by Gasteiger charge is 2.31. The zero-order valence-corrected chi connectivity index (χ0v) is 17.9. The van der Waals surface area contributed by atoms with Crippen LogP contribution in [0.2, 0.25) is 0 Å². The number of amides is 1. The lowest BCUT2D eigenvalue weighted by Crippen LogP contribution is -2.43. The average Bonchev–Trinajstić information content (AvgIpc) is 2.79. The van der Waals surface area contributed by atoms with Crippen LogP contribution in [0.4, 0.5) is 0 Å². The second kappa shape index (κ2) is 9.14. The second-order valence-corrected chi connectivity index (χ2v) is 9.90. The molecule has 4 rings (SSSR count). The monoisotopic (exact) mass is 424 g/mol. The molecular formula is C24H28N2O3S. The topological polar surface area (TPSA) is 66.5 Å². The minimum Gasteiger partial charge on any atom is -0.349 e. The van der Waals surface area contributed by atoms with E-state index in [2.05, 4.69) is 17.4 Å². The molecule has 1 heterocycles. The number of carbonyl (C=O) groups excluding carboxylic acids is 1. The van der Waals surface area contributed by atoms with E-state index in [4.69, 9.17) is 0 Å². The van der Waals surface area contributed by atoms with Crippen molar-refractivity contribution in [1.29, 1.82) is 0 Å². The fourth-order valence-electron chi connectivity index (χ4n) is 4.38. The van der Waals surface area contributed by atoms with Gasteiger partial charge in [-0.15, -0.1) is 0 Å². The highest BCUT2D eigenvalue weighted by Crippen LogP contribution is 2.30. The number of aryl methyl sites for hydroxylation is 1. The van der Waals surface area contributed by atoms with Crippen LogP contribution >= 0.6 is 0 Å². The molecule has 1 atom stereocenters. The molecular weight excluding hydrogens is 396 g/mol. The first kappa shape index (κ1) is 20.8. The van der Waals surface area contributed by atoms with Gasteiger partial charge in [0.1, 0.15) is 0 Å². The summed E-state index contributed by atoms with van der Waals surface area (Å²) in [7, 11) is -3.48. The van der Waals surface area contributed by atoms with Crippen LogP contribution in [0.15, 0.2) is 60.0 Å². The molecule has 2 aromatic rings. The third-order valence-electron chi connectivity index (χ3n) is 6.10. The molecule has 0 saturated carbocycles. The number of piperidine rings is 1. The third-order valence-corrected chi connectivity index (χ3v) is 7.67.